The van der Waals surface area contributed by atoms with Gasteiger partial charge in [0.2, 0.25) is 0 Å². The van der Waals surface area contributed by atoms with Crippen molar-refractivity contribution in [1.29, 1.82) is 0 Å². The molecule has 0 aromatic carbocycles. The number of thiophene rings is 1. The van der Waals surface area contributed by atoms with Gasteiger partial charge in [0, 0.05) is 6.20 Å². The number of rotatable bonds is 7. The van der Waals surface area contributed by atoms with Gasteiger partial charge < -0.3 is 0 Å². The minimum absolute atomic E-state index is 0.187. The van der Waals surface area contributed by atoms with Crippen LogP contribution in [0, 0.1) is 0 Å². The number of aryl methyl sites for hydroxylation is 1. The van der Waals surface area contributed by atoms with E-state index in [9.17, 15) is 4.79 Å². The Labute approximate surface area is 124 Å². The number of hydrogen-bond acceptors (Lipinski definition) is 3. The van der Waals surface area contributed by atoms with E-state index in [1.807, 2.05) is 28.4 Å². The lowest BCUT2D eigenvalue weighted by atomic mass is 10.1. The first-order chi connectivity index (χ1) is 9.69. The third kappa shape index (κ3) is 3.18. The highest BCUT2D eigenvalue weighted by Crippen LogP contribution is 2.20. The second-order valence-electron chi connectivity index (χ2n) is 4.99. The molecule has 2 aromatic heterocycles. The lowest BCUT2D eigenvalue weighted by molar-refractivity contribution is 0.0994. The van der Waals surface area contributed by atoms with Crippen LogP contribution in [0.5, 0.6) is 0 Å². The largest absolute Gasteiger partial charge is 0.293 e. The lowest BCUT2D eigenvalue weighted by Crippen LogP contribution is -2.09. The topological polar surface area (TPSA) is 34.9 Å². The van der Waals surface area contributed by atoms with E-state index in [2.05, 4.69) is 25.9 Å². The van der Waals surface area contributed by atoms with Gasteiger partial charge in [-0.1, -0.05) is 20.8 Å². The molecule has 0 spiro atoms. The van der Waals surface area contributed by atoms with E-state index in [1.54, 1.807) is 0 Å². The first-order valence-electron chi connectivity index (χ1n) is 7.33. The maximum absolute atomic E-state index is 12.3. The number of ketones is 1. The van der Waals surface area contributed by atoms with Gasteiger partial charge in [0.25, 0.3) is 0 Å². The van der Waals surface area contributed by atoms with Gasteiger partial charge in [0.1, 0.15) is 0 Å². The quantitative estimate of drug-likeness (QED) is 0.713. The van der Waals surface area contributed by atoms with Crippen molar-refractivity contribution in [3.63, 3.8) is 0 Å². The number of aromatic nitrogens is 2. The number of nitrogens with zero attached hydrogens (tertiary/aromatic N) is 2. The fourth-order valence-electron chi connectivity index (χ4n) is 2.44. The van der Waals surface area contributed by atoms with Crippen LogP contribution in [0.4, 0.5) is 0 Å². The number of carbonyl (C=O) groups is 1. The molecule has 20 heavy (non-hydrogen) atoms. The van der Waals surface area contributed by atoms with Gasteiger partial charge in [-0.3, -0.25) is 9.48 Å². The van der Waals surface area contributed by atoms with Gasteiger partial charge in [0.15, 0.2) is 5.78 Å². The molecule has 0 saturated heterocycles. The molecule has 2 heterocycles. The van der Waals surface area contributed by atoms with Gasteiger partial charge in [0.05, 0.1) is 23.0 Å². The van der Waals surface area contributed by atoms with Crippen LogP contribution >= 0.6 is 11.3 Å². The van der Waals surface area contributed by atoms with E-state index in [-0.39, 0.29) is 5.78 Å². The Kier molecular flexibility index (Phi) is 5.12. The number of Topliss-reactive ketones (excluding diaryl/α,β-unsaturated/α-hetero) is 1. The van der Waals surface area contributed by atoms with Crippen molar-refractivity contribution >= 4 is 17.1 Å². The molecule has 0 aliphatic heterocycles. The van der Waals surface area contributed by atoms with Gasteiger partial charge in [-0.05, 0) is 42.3 Å². The molecule has 0 saturated carbocycles. The molecule has 3 nitrogen and oxygen atoms in total. The average Bonchev–Trinajstić information content (AvgIpc) is 3.09. The summed E-state index contributed by atoms with van der Waals surface area (Å²) in [6.45, 7) is 6.42. The summed E-state index contributed by atoms with van der Waals surface area (Å²) in [5.41, 5.74) is 2.02. The van der Waals surface area contributed by atoms with Gasteiger partial charge in [-0.2, -0.15) is 5.10 Å². The summed E-state index contributed by atoms with van der Waals surface area (Å²) in [6, 6.07) is 4.45. The second kappa shape index (κ2) is 6.84. The van der Waals surface area contributed by atoms with E-state index in [0.29, 0.717) is 12.5 Å². The fourth-order valence-corrected chi connectivity index (χ4v) is 3.38. The Morgan fingerprint density at radius 1 is 1.30 bits per heavy atom. The minimum Gasteiger partial charge on any atom is -0.293 e. The summed E-state index contributed by atoms with van der Waals surface area (Å²) in [4.78, 5) is 13.2. The normalized spacial score (nSPS) is 11.2. The number of carbonyl (C=O) groups excluding carboxylic acids is 1. The maximum Gasteiger partial charge on any atom is 0.179 e. The molecule has 2 rings (SSSR count). The fraction of sp³-hybridized carbons (Fsp3) is 0.500. The molecule has 0 atom stereocenters. The molecule has 4 heteroatoms. The summed E-state index contributed by atoms with van der Waals surface area (Å²) in [7, 11) is 0. The van der Waals surface area contributed by atoms with Crippen molar-refractivity contribution < 1.29 is 4.79 Å². The summed E-state index contributed by atoms with van der Waals surface area (Å²) in [5, 5.41) is 6.55. The molecule has 0 aliphatic rings. The van der Waals surface area contributed by atoms with E-state index in [1.165, 1.54) is 11.3 Å². The molecule has 0 fully saturated rings. The van der Waals surface area contributed by atoms with Crippen LogP contribution in [0.15, 0.2) is 23.7 Å². The summed E-state index contributed by atoms with van der Waals surface area (Å²) < 4.78 is 2.00. The van der Waals surface area contributed by atoms with Crippen molar-refractivity contribution in [3.05, 3.63) is 39.8 Å². The zero-order valence-corrected chi connectivity index (χ0v) is 13.2. The van der Waals surface area contributed by atoms with Crippen LogP contribution in [0.1, 0.15) is 60.6 Å². The van der Waals surface area contributed by atoms with Crippen molar-refractivity contribution in [3.8, 4) is 0 Å². The molecule has 0 unspecified atom stereocenters. The predicted octanol–water partition coefficient (Wildman–Crippen LogP) is 4.29. The van der Waals surface area contributed by atoms with Crippen LogP contribution in [-0.2, 0) is 12.8 Å². The highest BCUT2D eigenvalue weighted by Gasteiger charge is 2.15. The molecule has 2 aromatic rings. The summed E-state index contributed by atoms with van der Waals surface area (Å²) >= 11 is 1.54. The van der Waals surface area contributed by atoms with Crippen LogP contribution < -0.4 is 0 Å². The van der Waals surface area contributed by atoms with Crippen molar-refractivity contribution in [2.75, 3.05) is 0 Å². The van der Waals surface area contributed by atoms with E-state index in [0.717, 1.165) is 35.4 Å². The molecule has 0 bridgehead atoms. The van der Waals surface area contributed by atoms with Crippen molar-refractivity contribution in [1.82, 2.24) is 9.78 Å². The molecule has 0 radical (unpaired) electrons. The average molecular weight is 290 g/mol. The monoisotopic (exact) mass is 290 g/mol. The smallest absolute Gasteiger partial charge is 0.179 e. The van der Waals surface area contributed by atoms with Crippen LogP contribution in [0.2, 0.25) is 0 Å². The van der Waals surface area contributed by atoms with E-state index in [4.69, 9.17) is 0 Å². The Bertz CT molecular complexity index is 567. The van der Waals surface area contributed by atoms with Crippen molar-refractivity contribution in [2.45, 2.75) is 52.5 Å². The highest BCUT2D eigenvalue weighted by atomic mass is 32.1. The zero-order chi connectivity index (χ0) is 14.5. The van der Waals surface area contributed by atoms with Crippen LogP contribution in [0.3, 0.4) is 0 Å². The van der Waals surface area contributed by atoms with Gasteiger partial charge in [-0.25, -0.2) is 0 Å². The molecule has 0 amide bonds. The Balaban J connectivity index is 2.09. The second-order valence-corrected chi connectivity index (χ2v) is 5.90. The van der Waals surface area contributed by atoms with E-state index >= 15 is 0 Å². The number of hydrogen-bond donors (Lipinski definition) is 0. The molecular formula is C16H22N2OS. The van der Waals surface area contributed by atoms with Gasteiger partial charge >= 0.3 is 0 Å². The molecule has 108 valence electrons. The summed E-state index contributed by atoms with van der Waals surface area (Å²) in [6.07, 6.45) is 5.44. The predicted molar refractivity (Wildman–Crippen MR) is 83.6 cm³/mol. The SMILES string of the molecule is CCc1ccsc1C(=O)Cc1ccn(C(CC)CC)n1. The van der Waals surface area contributed by atoms with Crippen molar-refractivity contribution in [2.24, 2.45) is 0 Å². The third-order valence-corrected chi connectivity index (χ3v) is 4.70. The third-order valence-electron chi connectivity index (χ3n) is 3.70. The Hall–Kier alpha value is -1.42. The lowest BCUT2D eigenvalue weighted by Gasteiger charge is -2.12. The van der Waals surface area contributed by atoms with E-state index < -0.39 is 0 Å². The molecule has 0 N–H and O–H groups in total. The first kappa shape index (κ1) is 15.0. The molecular weight excluding hydrogens is 268 g/mol. The molecule has 0 aliphatic carbocycles. The standard InChI is InChI=1S/C16H22N2OS/c1-4-12-8-10-20-16(12)15(19)11-13-7-9-18(17-13)14(5-2)6-3/h7-10,14H,4-6,11H2,1-3H3. The Morgan fingerprint density at radius 2 is 2.05 bits per heavy atom. The summed E-state index contributed by atoms with van der Waals surface area (Å²) in [5.74, 6) is 0.187. The highest BCUT2D eigenvalue weighted by molar-refractivity contribution is 7.12. The first-order valence-corrected chi connectivity index (χ1v) is 8.21. The van der Waals surface area contributed by atoms with Crippen LogP contribution in [-0.4, -0.2) is 15.6 Å². The Morgan fingerprint density at radius 3 is 2.70 bits per heavy atom. The zero-order valence-electron chi connectivity index (χ0n) is 12.4. The minimum atomic E-state index is 0.187. The van der Waals surface area contributed by atoms with Crippen LogP contribution in [0.25, 0.3) is 0 Å². The van der Waals surface area contributed by atoms with Gasteiger partial charge in [-0.15, -0.1) is 11.3 Å². The maximum atomic E-state index is 12.3.